The van der Waals surface area contributed by atoms with Crippen LogP contribution in [0.2, 0.25) is 0 Å². The SMILES string of the molecule is Cc1cc(/C=C2\SC(=Nc3ccccc3)N([C@H]3CCCC[C@@H]3C)C2=O)c(C)n1-c1cccnc1. The molecule has 1 saturated carbocycles. The lowest BCUT2D eigenvalue weighted by Gasteiger charge is -2.35. The Morgan fingerprint density at radius 1 is 1.09 bits per heavy atom. The summed E-state index contributed by atoms with van der Waals surface area (Å²) in [5.74, 6) is 0.541. The monoisotopic (exact) mass is 470 g/mol. The molecule has 174 valence electrons. The molecule has 1 aliphatic carbocycles. The second kappa shape index (κ2) is 9.63. The van der Waals surface area contributed by atoms with Crippen LogP contribution in [0.25, 0.3) is 11.8 Å². The van der Waals surface area contributed by atoms with Crippen molar-refractivity contribution in [2.45, 2.75) is 52.5 Å². The molecule has 0 radical (unpaired) electrons. The standard InChI is InChI=1S/C28H30N4OS/c1-19-10-7-8-14-25(19)32-27(33)26(34-28(32)30-23-11-5-4-6-12-23)17-22-16-20(2)31(21(22)3)24-13-9-15-29-18-24/h4-6,9,11-13,15-19,25H,7-8,10,14H2,1-3H3/b26-17-,30-28?/t19-,25-/m0/s1. The molecule has 0 unspecified atom stereocenters. The van der Waals surface area contributed by atoms with Crippen LogP contribution in [0.1, 0.15) is 49.6 Å². The first-order chi connectivity index (χ1) is 16.5. The third-order valence-electron chi connectivity index (χ3n) is 6.88. The molecule has 1 saturated heterocycles. The topological polar surface area (TPSA) is 50.5 Å². The molecule has 3 heterocycles. The molecule has 2 aliphatic rings. The number of rotatable bonds is 4. The van der Waals surface area contributed by atoms with Crippen LogP contribution in [-0.2, 0) is 4.79 Å². The van der Waals surface area contributed by atoms with Crippen molar-refractivity contribution in [2.24, 2.45) is 10.9 Å². The van der Waals surface area contributed by atoms with Gasteiger partial charge in [-0.2, -0.15) is 0 Å². The van der Waals surface area contributed by atoms with Crippen molar-refractivity contribution in [3.8, 4) is 5.69 Å². The summed E-state index contributed by atoms with van der Waals surface area (Å²) in [6, 6.07) is 16.3. The number of hydrogen-bond acceptors (Lipinski definition) is 4. The van der Waals surface area contributed by atoms with E-state index in [1.807, 2.05) is 53.6 Å². The van der Waals surface area contributed by atoms with E-state index in [0.717, 1.165) is 57.7 Å². The van der Waals surface area contributed by atoms with Crippen molar-refractivity contribution in [3.63, 3.8) is 0 Å². The third kappa shape index (κ3) is 4.34. The Bertz CT molecular complexity index is 1250. The van der Waals surface area contributed by atoms with Gasteiger partial charge in [0, 0.05) is 23.6 Å². The van der Waals surface area contributed by atoms with Crippen molar-refractivity contribution in [2.75, 3.05) is 0 Å². The lowest BCUT2D eigenvalue weighted by atomic mass is 9.85. The second-order valence-electron chi connectivity index (χ2n) is 9.22. The molecule has 6 heteroatoms. The summed E-state index contributed by atoms with van der Waals surface area (Å²) < 4.78 is 2.18. The zero-order valence-electron chi connectivity index (χ0n) is 19.9. The zero-order valence-corrected chi connectivity index (χ0v) is 20.8. The summed E-state index contributed by atoms with van der Waals surface area (Å²) >= 11 is 1.50. The normalized spacial score (nSPS) is 23.3. The van der Waals surface area contributed by atoms with E-state index < -0.39 is 0 Å². The number of carbonyl (C=O) groups is 1. The maximum atomic E-state index is 13.8. The fourth-order valence-electron chi connectivity index (χ4n) is 5.11. The molecule has 0 N–H and O–H groups in total. The number of amides is 1. The van der Waals surface area contributed by atoms with Crippen LogP contribution >= 0.6 is 11.8 Å². The number of hydrogen-bond donors (Lipinski definition) is 0. The minimum Gasteiger partial charge on any atom is -0.316 e. The maximum Gasteiger partial charge on any atom is 0.267 e. The fraction of sp³-hybridized carbons (Fsp3) is 0.321. The van der Waals surface area contributed by atoms with Crippen molar-refractivity contribution >= 4 is 34.6 Å². The minimum absolute atomic E-state index is 0.0737. The Morgan fingerprint density at radius 3 is 2.62 bits per heavy atom. The number of benzene rings is 1. The van der Waals surface area contributed by atoms with Crippen LogP contribution in [0.15, 0.2) is 70.8 Å². The molecule has 2 atom stereocenters. The second-order valence-corrected chi connectivity index (χ2v) is 10.2. The Balaban J connectivity index is 1.54. The summed E-state index contributed by atoms with van der Waals surface area (Å²) in [5, 5.41) is 0.794. The molecule has 5 nitrogen and oxygen atoms in total. The van der Waals surface area contributed by atoms with Crippen LogP contribution in [0.4, 0.5) is 5.69 Å². The average Bonchev–Trinajstić information content (AvgIpc) is 3.30. The van der Waals surface area contributed by atoms with Gasteiger partial charge in [0.25, 0.3) is 5.91 Å². The number of aromatic nitrogens is 2. The van der Waals surface area contributed by atoms with E-state index in [9.17, 15) is 4.79 Å². The highest BCUT2D eigenvalue weighted by molar-refractivity contribution is 8.18. The highest BCUT2D eigenvalue weighted by atomic mass is 32.2. The predicted molar refractivity (Wildman–Crippen MR) is 140 cm³/mol. The Hall–Kier alpha value is -3.12. The van der Waals surface area contributed by atoms with Gasteiger partial charge in [-0.05, 0) is 86.3 Å². The largest absolute Gasteiger partial charge is 0.316 e. The molecule has 0 bridgehead atoms. The number of aliphatic imine (C=N–C) groups is 1. The van der Waals surface area contributed by atoms with E-state index in [2.05, 4.69) is 42.5 Å². The fourth-order valence-corrected chi connectivity index (χ4v) is 6.14. The molecule has 0 spiro atoms. The third-order valence-corrected chi connectivity index (χ3v) is 7.86. The van der Waals surface area contributed by atoms with Gasteiger partial charge in [-0.15, -0.1) is 0 Å². The molecule has 1 amide bonds. The maximum absolute atomic E-state index is 13.8. The quantitative estimate of drug-likeness (QED) is 0.400. The molecule has 3 aromatic rings. The summed E-state index contributed by atoms with van der Waals surface area (Å²) in [6.45, 7) is 6.45. The number of para-hydroxylation sites is 1. The van der Waals surface area contributed by atoms with Crippen LogP contribution in [0.3, 0.4) is 0 Å². The number of carbonyl (C=O) groups excluding carboxylic acids is 1. The van der Waals surface area contributed by atoms with Crippen LogP contribution in [-0.4, -0.2) is 31.6 Å². The number of aryl methyl sites for hydroxylation is 1. The van der Waals surface area contributed by atoms with E-state index in [-0.39, 0.29) is 11.9 Å². The van der Waals surface area contributed by atoms with Gasteiger partial charge in [-0.3, -0.25) is 14.7 Å². The Morgan fingerprint density at radius 2 is 1.88 bits per heavy atom. The molecular weight excluding hydrogens is 440 g/mol. The van der Waals surface area contributed by atoms with E-state index >= 15 is 0 Å². The van der Waals surface area contributed by atoms with Gasteiger partial charge in [0.15, 0.2) is 5.17 Å². The molecule has 2 aromatic heterocycles. The summed E-state index contributed by atoms with van der Waals surface area (Å²) in [7, 11) is 0. The first-order valence-corrected chi connectivity index (χ1v) is 12.8. The predicted octanol–water partition coefficient (Wildman–Crippen LogP) is 6.67. The lowest BCUT2D eigenvalue weighted by Crippen LogP contribution is -2.44. The number of nitrogens with zero attached hydrogens (tertiary/aromatic N) is 4. The first kappa shape index (κ1) is 22.7. The van der Waals surface area contributed by atoms with Gasteiger partial charge in [0.1, 0.15) is 0 Å². The number of amidine groups is 1. The van der Waals surface area contributed by atoms with Crippen LogP contribution in [0.5, 0.6) is 0 Å². The first-order valence-electron chi connectivity index (χ1n) is 12.0. The van der Waals surface area contributed by atoms with Gasteiger partial charge in [0.05, 0.1) is 22.5 Å². The van der Waals surface area contributed by atoms with E-state index in [4.69, 9.17) is 4.99 Å². The smallest absolute Gasteiger partial charge is 0.267 e. The summed E-state index contributed by atoms with van der Waals surface area (Å²) in [6.07, 6.45) is 10.3. The van der Waals surface area contributed by atoms with Crippen LogP contribution < -0.4 is 0 Å². The highest BCUT2D eigenvalue weighted by Crippen LogP contribution is 2.40. The molecule has 2 fully saturated rings. The van der Waals surface area contributed by atoms with Crippen molar-refractivity contribution in [3.05, 3.63) is 82.8 Å². The van der Waals surface area contributed by atoms with Gasteiger partial charge < -0.3 is 4.57 Å². The van der Waals surface area contributed by atoms with Crippen molar-refractivity contribution < 1.29 is 4.79 Å². The zero-order chi connectivity index (χ0) is 23.7. The van der Waals surface area contributed by atoms with E-state index in [1.54, 1.807) is 6.20 Å². The lowest BCUT2D eigenvalue weighted by molar-refractivity contribution is -0.124. The molecule has 34 heavy (non-hydrogen) atoms. The van der Waals surface area contributed by atoms with Crippen molar-refractivity contribution in [1.29, 1.82) is 0 Å². The Kier molecular flexibility index (Phi) is 6.42. The molecule has 5 rings (SSSR count). The van der Waals surface area contributed by atoms with Crippen LogP contribution in [0, 0.1) is 19.8 Å². The van der Waals surface area contributed by atoms with Crippen molar-refractivity contribution in [1.82, 2.24) is 14.5 Å². The molecule has 1 aromatic carbocycles. The highest BCUT2D eigenvalue weighted by Gasteiger charge is 2.41. The molecular formula is C28H30N4OS. The number of pyridine rings is 1. The van der Waals surface area contributed by atoms with E-state index in [0.29, 0.717) is 5.92 Å². The number of thioether (sulfide) groups is 1. The summed E-state index contributed by atoms with van der Waals surface area (Å²) in [5.41, 5.74) is 5.16. The van der Waals surface area contributed by atoms with Gasteiger partial charge in [0.2, 0.25) is 0 Å². The van der Waals surface area contributed by atoms with Gasteiger partial charge >= 0.3 is 0 Å². The Labute approximate surface area is 205 Å². The molecule has 1 aliphatic heterocycles. The summed E-state index contributed by atoms with van der Waals surface area (Å²) in [4.78, 5) is 25.7. The van der Waals surface area contributed by atoms with Gasteiger partial charge in [-0.1, -0.05) is 38.0 Å². The minimum atomic E-state index is 0.0737. The van der Waals surface area contributed by atoms with E-state index in [1.165, 1.54) is 18.2 Å². The van der Waals surface area contributed by atoms with Gasteiger partial charge in [-0.25, -0.2) is 4.99 Å². The average molecular weight is 471 g/mol.